The topological polar surface area (TPSA) is 62.3 Å². The van der Waals surface area contributed by atoms with E-state index in [1.807, 2.05) is 13.8 Å². The van der Waals surface area contributed by atoms with E-state index in [1.54, 1.807) is 13.0 Å². The minimum Gasteiger partial charge on any atom is -0.343 e. The Morgan fingerprint density at radius 2 is 2.16 bits per heavy atom. The quantitative estimate of drug-likeness (QED) is 0.863. The molecular formula is C17H22ClF2N3O2. The highest BCUT2D eigenvalue weighted by Crippen LogP contribution is 2.31. The van der Waals surface area contributed by atoms with Crippen molar-refractivity contribution in [2.24, 2.45) is 5.92 Å². The first-order valence-corrected chi connectivity index (χ1v) is 8.57. The van der Waals surface area contributed by atoms with Crippen molar-refractivity contribution >= 4 is 23.4 Å². The van der Waals surface area contributed by atoms with E-state index >= 15 is 0 Å². The SMILES string of the molecule is CC(C)Cc1cc(C(=O)NCC(=O)N2CC(F)(F)C[C@H]2C)c(Cl)cn1. The molecule has 0 radical (unpaired) electrons. The number of likely N-dealkylation sites (tertiary alicyclic amines) is 1. The maximum absolute atomic E-state index is 13.4. The molecular weight excluding hydrogens is 352 g/mol. The third-order valence-corrected chi connectivity index (χ3v) is 4.32. The van der Waals surface area contributed by atoms with E-state index in [4.69, 9.17) is 11.6 Å². The van der Waals surface area contributed by atoms with Crippen molar-refractivity contribution in [1.29, 1.82) is 0 Å². The standard InChI is InChI=1S/C17H22ClF2N3O2/c1-10(2)4-12-5-13(14(18)7-21-12)16(25)22-8-15(24)23-9-17(19,20)6-11(23)3/h5,7,10-11H,4,6,8-9H2,1-3H3,(H,22,25)/t11-/m1/s1. The lowest BCUT2D eigenvalue weighted by Crippen LogP contribution is -2.42. The van der Waals surface area contributed by atoms with Gasteiger partial charge in [-0.15, -0.1) is 0 Å². The molecule has 1 N–H and O–H groups in total. The molecule has 0 saturated carbocycles. The van der Waals surface area contributed by atoms with Crippen LogP contribution in [0.5, 0.6) is 0 Å². The highest BCUT2D eigenvalue weighted by molar-refractivity contribution is 6.33. The zero-order chi connectivity index (χ0) is 18.8. The van der Waals surface area contributed by atoms with Gasteiger partial charge < -0.3 is 10.2 Å². The van der Waals surface area contributed by atoms with E-state index in [1.165, 1.54) is 6.20 Å². The highest BCUT2D eigenvalue weighted by Gasteiger charge is 2.44. The van der Waals surface area contributed by atoms with E-state index in [-0.39, 0.29) is 23.6 Å². The van der Waals surface area contributed by atoms with Crippen molar-refractivity contribution in [3.8, 4) is 0 Å². The molecule has 25 heavy (non-hydrogen) atoms. The summed E-state index contributed by atoms with van der Waals surface area (Å²) in [6, 6.07) is 1.04. The molecule has 0 bridgehead atoms. The zero-order valence-electron chi connectivity index (χ0n) is 14.5. The van der Waals surface area contributed by atoms with Crippen LogP contribution in [0.15, 0.2) is 12.3 Å². The first-order valence-electron chi connectivity index (χ1n) is 8.19. The zero-order valence-corrected chi connectivity index (χ0v) is 15.2. The molecule has 0 aliphatic carbocycles. The van der Waals surface area contributed by atoms with Gasteiger partial charge in [-0.1, -0.05) is 25.4 Å². The van der Waals surface area contributed by atoms with Crippen LogP contribution in [0.4, 0.5) is 8.78 Å². The van der Waals surface area contributed by atoms with Crippen LogP contribution in [-0.2, 0) is 11.2 Å². The van der Waals surface area contributed by atoms with Crippen molar-refractivity contribution in [3.05, 3.63) is 28.5 Å². The molecule has 0 aromatic carbocycles. The summed E-state index contributed by atoms with van der Waals surface area (Å²) in [6.45, 7) is 4.66. The van der Waals surface area contributed by atoms with Gasteiger partial charge in [0.2, 0.25) is 5.91 Å². The van der Waals surface area contributed by atoms with Crippen molar-refractivity contribution in [1.82, 2.24) is 15.2 Å². The van der Waals surface area contributed by atoms with Crippen LogP contribution >= 0.6 is 11.6 Å². The molecule has 1 aliphatic rings. The molecule has 1 saturated heterocycles. The number of aromatic nitrogens is 1. The number of amides is 2. The molecule has 1 aromatic rings. The number of nitrogens with one attached hydrogen (secondary N) is 1. The molecule has 1 aromatic heterocycles. The third kappa shape index (κ3) is 5.11. The second-order valence-electron chi connectivity index (χ2n) is 6.87. The molecule has 1 aliphatic heterocycles. The summed E-state index contributed by atoms with van der Waals surface area (Å²) in [5.41, 5.74) is 0.948. The molecule has 2 rings (SSSR count). The van der Waals surface area contributed by atoms with Crippen LogP contribution in [0.1, 0.15) is 43.2 Å². The summed E-state index contributed by atoms with van der Waals surface area (Å²) < 4.78 is 26.7. The number of carbonyl (C=O) groups excluding carboxylic acids is 2. The van der Waals surface area contributed by atoms with Crippen molar-refractivity contribution in [2.75, 3.05) is 13.1 Å². The third-order valence-electron chi connectivity index (χ3n) is 4.02. The Morgan fingerprint density at radius 1 is 1.48 bits per heavy atom. The van der Waals surface area contributed by atoms with Gasteiger partial charge in [-0.25, -0.2) is 8.78 Å². The smallest absolute Gasteiger partial charge is 0.267 e. The Kier molecular flexibility index (Phi) is 5.98. The second-order valence-corrected chi connectivity index (χ2v) is 7.27. The molecule has 1 fully saturated rings. The molecule has 2 heterocycles. The largest absolute Gasteiger partial charge is 0.343 e. The van der Waals surface area contributed by atoms with Crippen molar-refractivity contribution < 1.29 is 18.4 Å². The van der Waals surface area contributed by atoms with E-state index in [9.17, 15) is 18.4 Å². The van der Waals surface area contributed by atoms with Crippen molar-refractivity contribution in [2.45, 2.75) is 45.6 Å². The van der Waals surface area contributed by atoms with Crippen LogP contribution in [-0.4, -0.2) is 46.8 Å². The predicted octanol–water partition coefficient (Wildman–Crippen LogP) is 2.92. The molecule has 5 nitrogen and oxygen atoms in total. The maximum atomic E-state index is 13.4. The number of rotatable bonds is 5. The minimum atomic E-state index is -2.88. The van der Waals surface area contributed by atoms with E-state index in [0.717, 1.165) is 10.6 Å². The Morgan fingerprint density at radius 3 is 2.72 bits per heavy atom. The highest BCUT2D eigenvalue weighted by atomic mass is 35.5. The van der Waals surface area contributed by atoms with Crippen LogP contribution in [0.25, 0.3) is 0 Å². The van der Waals surface area contributed by atoms with Crippen LogP contribution in [0.2, 0.25) is 5.02 Å². The molecule has 2 amide bonds. The first-order chi connectivity index (χ1) is 11.6. The lowest BCUT2D eigenvalue weighted by atomic mass is 10.1. The molecule has 0 spiro atoms. The van der Waals surface area contributed by atoms with Gasteiger partial charge in [0.25, 0.3) is 11.8 Å². The fraction of sp³-hybridized carbons (Fsp3) is 0.588. The Hall–Kier alpha value is -1.76. The van der Waals surface area contributed by atoms with E-state index < -0.39 is 30.3 Å². The lowest BCUT2D eigenvalue weighted by Gasteiger charge is -2.21. The van der Waals surface area contributed by atoms with E-state index in [2.05, 4.69) is 10.3 Å². The van der Waals surface area contributed by atoms with Gasteiger partial charge >= 0.3 is 0 Å². The van der Waals surface area contributed by atoms with Gasteiger partial charge in [-0.2, -0.15) is 0 Å². The Labute approximate surface area is 150 Å². The summed E-state index contributed by atoms with van der Waals surface area (Å²) in [7, 11) is 0. The first kappa shape index (κ1) is 19.6. The van der Waals surface area contributed by atoms with Gasteiger partial charge in [0.15, 0.2) is 0 Å². The second kappa shape index (κ2) is 7.64. The monoisotopic (exact) mass is 373 g/mol. The number of carbonyl (C=O) groups is 2. The summed E-state index contributed by atoms with van der Waals surface area (Å²) in [6.07, 6.45) is 1.73. The average molecular weight is 374 g/mol. The van der Waals surface area contributed by atoms with Gasteiger partial charge in [-0.3, -0.25) is 14.6 Å². The minimum absolute atomic E-state index is 0.179. The lowest BCUT2D eigenvalue weighted by molar-refractivity contribution is -0.131. The number of nitrogens with zero attached hydrogens (tertiary/aromatic N) is 2. The molecule has 8 heteroatoms. The average Bonchev–Trinajstić information content (AvgIpc) is 2.79. The summed E-state index contributed by atoms with van der Waals surface area (Å²) in [5.74, 6) is -3.57. The number of alkyl halides is 2. The number of halogens is 3. The Bertz CT molecular complexity index is 667. The van der Waals surface area contributed by atoms with Gasteiger partial charge in [-0.05, 0) is 25.3 Å². The van der Waals surface area contributed by atoms with Crippen LogP contribution in [0.3, 0.4) is 0 Å². The predicted molar refractivity (Wildman–Crippen MR) is 90.9 cm³/mol. The van der Waals surface area contributed by atoms with Gasteiger partial charge in [0.1, 0.15) is 0 Å². The summed E-state index contributed by atoms with van der Waals surface area (Å²) >= 11 is 6.01. The Balaban J connectivity index is 1.99. The molecule has 0 unspecified atom stereocenters. The number of hydrogen-bond acceptors (Lipinski definition) is 3. The van der Waals surface area contributed by atoms with Gasteiger partial charge in [0, 0.05) is 24.4 Å². The maximum Gasteiger partial charge on any atom is 0.267 e. The van der Waals surface area contributed by atoms with E-state index in [0.29, 0.717) is 12.3 Å². The molecule has 138 valence electrons. The summed E-state index contributed by atoms with van der Waals surface area (Å²) in [4.78, 5) is 29.7. The van der Waals surface area contributed by atoms with Crippen molar-refractivity contribution in [3.63, 3.8) is 0 Å². The fourth-order valence-electron chi connectivity index (χ4n) is 2.88. The fourth-order valence-corrected chi connectivity index (χ4v) is 3.07. The van der Waals surface area contributed by atoms with Crippen LogP contribution < -0.4 is 5.32 Å². The van der Waals surface area contributed by atoms with Gasteiger partial charge in [0.05, 0.1) is 23.7 Å². The molecule has 1 atom stereocenters. The normalized spacial score (nSPS) is 19.3. The number of hydrogen-bond donors (Lipinski definition) is 1. The van der Waals surface area contributed by atoms with Crippen LogP contribution in [0, 0.1) is 5.92 Å². The summed E-state index contributed by atoms with van der Waals surface area (Å²) in [5, 5.41) is 2.64. The number of pyridine rings is 1.